The summed E-state index contributed by atoms with van der Waals surface area (Å²) in [4.78, 5) is 22.4. The summed E-state index contributed by atoms with van der Waals surface area (Å²) < 4.78 is 22.7. The lowest BCUT2D eigenvalue weighted by atomic mass is 10.1. The van der Waals surface area contributed by atoms with Crippen LogP contribution in [0.5, 0.6) is 23.0 Å². The molecule has 0 fully saturated rings. The number of amides is 1. The van der Waals surface area contributed by atoms with E-state index in [0.717, 1.165) is 20.2 Å². The molecule has 33 heavy (non-hydrogen) atoms. The molecular weight excluding hydrogens is 537 g/mol. The Kier molecular flexibility index (Phi) is 6.80. The Bertz CT molecular complexity index is 1200. The fraction of sp³-hybridized carbons (Fsp3) is 0.333. The van der Waals surface area contributed by atoms with Crippen molar-refractivity contribution in [3.8, 4) is 23.0 Å². The minimum absolute atomic E-state index is 0.132. The van der Waals surface area contributed by atoms with Crippen LogP contribution in [-0.4, -0.2) is 63.5 Å². The van der Waals surface area contributed by atoms with Crippen molar-refractivity contribution < 1.29 is 23.7 Å². The summed E-state index contributed by atoms with van der Waals surface area (Å²) in [6.45, 7) is 2.87. The van der Waals surface area contributed by atoms with Gasteiger partial charge in [-0.2, -0.15) is 0 Å². The number of ether oxygens (including phenoxy) is 4. The molecule has 0 saturated heterocycles. The number of benzene rings is 2. The molecule has 1 aliphatic rings. The summed E-state index contributed by atoms with van der Waals surface area (Å²) in [5, 5.41) is 0.816. The van der Waals surface area contributed by atoms with E-state index in [9.17, 15) is 4.79 Å². The smallest absolute Gasteiger partial charge is 0.259 e. The van der Waals surface area contributed by atoms with Gasteiger partial charge in [-0.25, -0.2) is 0 Å². The molecule has 0 N–H and O–H groups in total. The summed E-state index contributed by atoms with van der Waals surface area (Å²) >= 11 is 2.16. The predicted molar refractivity (Wildman–Crippen MR) is 135 cm³/mol. The van der Waals surface area contributed by atoms with Gasteiger partial charge in [0.2, 0.25) is 6.79 Å². The number of methoxy groups -OCH3 is 2. The van der Waals surface area contributed by atoms with Gasteiger partial charge in [-0.15, -0.1) is 0 Å². The van der Waals surface area contributed by atoms with E-state index in [-0.39, 0.29) is 18.7 Å². The molecule has 2 heterocycles. The van der Waals surface area contributed by atoms with Gasteiger partial charge in [0.25, 0.3) is 5.91 Å². The second kappa shape index (κ2) is 9.60. The number of halogens is 1. The molecule has 3 aromatic rings. The van der Waals surface area contributed by atoms with Crippen LogP contribution in [0.3, 0.4) is 0 Å². The second-order valence-electron chi connectivity index (χ2n) is 8.03. The maximum absolute atomic E-state index is 14.1. The summed E-state index contributed by atoms with van der Waals surface area (Å²) in [7, 11) is 7.11. The number of fused-ring (bicyclic) bond motifs is 2. The predicted octanol–water partition coefficient (Wildman–Crippen LogP) is 4.18. The highest BCUT2D eigenvalue weighted by Gasteiger charge is 2.29. The normalized spacial score (nSPS) is 13.3. The van der Waals surface area contributed by atoms with E-state index in [0.29, 0.717) is 35.1 Å². The number of anilines is 1. The largest absolute Gasteiger partial charge is 0.493 e. The number of aromatic nitrogens is 1. The van der Waals surface area contributed by atoms with Gasteiger partial charge in [-0.05, 0) is 67.9 Å². The topological polar surface area (TPSA) is 73.4 Å². The van der Waals surface area contributed by atoms with Gasteiger partial charge < -0.3 is 28.7 Å². The number of likely N-dealkylation sites (N-methyl/N-ethyl adjacent to an activating group) is 1. The van der Waals surface area contributed by atoms with Crippen molar-refractivity contribution in [2.24, 2.45) is 0 Å². The maximum Gasteiger partial charge on any atom is 0.259 e. The molecule has 2 aromatic carbocycles. The van der Waals surface area contributed by atoms with Gasteiger partial charge in [-0.3, -0.25) is 9.78 Å². The lowest BCUT2D eigenvalue weighted by Gasteiger charge is -2.32. The third-order valence-corrected chi connectivity index (χ3v) is 6.36. The van der Waals surface area contributed by atoms with Crippen molar-refractivity contribution in [1.29, 1.82) is 0 Å². The summed E-state index contributed by atoms with van der Waals surface area (Å²) in [6, 6.07) is 9.01. The zero-order valence-corrected chi connectivity index (χ0v) is 21.4. The number of nitrogens with zero attached hydrogens (tertiary/aromatic N) is 3. The first kappa shape index (κ1) is 23.4. The first-order chi connectivity index (χ1) is 15.8. The first-order valence-electron chi connectivity index (χ1n) is 10.4. The lowest BCUT2D eigenvalue weighted by molar-refractivity contribution is 0.0973. The van der Waals surface area contributed by atoms with Crippen LogP contribution >= 0.6 is 22.6 Å². The zero-order chi connectivity index (χ0) is 23.7. The number of carbonyl (C=O) groups excluding carboxylic acids is 1. The molecule has 1 unspecified atom stereocenters. The molecule has 9 heteroatoms. The quantitative estimate of drug-likeness (QED) is 0.400. The van der Waals surface area contributed by atoms with Crippen LogP contribution in [0.2, 0.25) is 0 Å². The minimum atomic E-state index is -0.139. The van der Waals surface area contributed by atoms with Crippen molar-refractivity contribution in [3.63, 3.8) is 0 Å². The number of hydrogen-bond donors (Lipinski definition) is 0. The van der Waals surface area contributed by atoms with Crippen LogP contribution < -0.4 is 23.8 Å². The molecule has 0 spiro atoms. The van der Waals surface area contributed by atoms with Gasteiger partial charge >= 0.3 is 0 Å². The molecule has 1 atom stereocenters. The van der Waals surface area contributed by atoms with Crippen molar-refractivity contribution in [3.05, 3.63) is 45.7 Å². The average Bonchev–Trinajstić information content (AvgIpc) is 3.24. The highest BCUT2D eigenvalue weighted by molar-refractivity contribution is 14.1. The van der Waals surface area contributed by atoms with Crippen LogP contribution in [0.4, 0.5) is 5.69 Å². The van der Waals surface area contributed by atoms with Crippen LogP contribution in [0, 0.1) is 3.57 Å². The van der Waals surface area contributed by atoms with E-state index < -0.39 is 0 Å². The third-order valence-electron chi connectivity index (χ3n) is 5.47. The molecule has 0 saturated carbocycles. The molecule has 0 radical (unpaired) electrons. The summed E-state index contributed by atoms with van der Waals surface area (Å²) in [5.41, 5.74) is 2.02. The van der Waals surface area contributed by atoms with Gasteiger partial charge in [0.1, 0.15) is 0 Å². The van der Waals surface area contributed by atoms with Gasteiger partial charge in [0.05, 0.1) is 31.0 Å². The Morgan fingerprint density at radius 3 is 2.45 bits per heavy atom. The number of rotatable bonds is 7. The Labute approximate surface area is 206 Å². The highest BCUT2D eigenvalue weighted by Crippen LogP contribution is 2.40. The first-order valence-corrected chi connectivity index (χ1v) is 11.5. The molecule has 1 amide bonds. The van der Waals surface area contributed by atoms with Crippen LogP contribution in [0.1, 0.15) is 17.3 Å². The van der Waals surface area contributed by atoms with Crippen LogP contribution in [-0.2, 0) is 0 Å². The molecule has 174 valence electrons. The Balaban J connectivity index is 1.88. The van der Waals surface area contributed by atoms with E-state index in [4.69, 9.17) is 18.9 Å². The van der Waals surface area contributed by atoms with Crippen molar-refractivity contribution in [2.75, 3.05) is 46.6 Å². The Morgan fingerprint density at radius 2 is 1.79 bits per heavy atom. The van der Waals surface area contributed by atoms with Crippen molar-refractivity contribution >= 4 is 45.1 Å². The van der Waals surface area contributed by atoms with Gasteiger partial charge in [-0.1, -0.05) is 0 Å². The fourth-order valence-electron chi connectivity index (χ4n) is 4.04. The van der Waals surface area contributed by atoms with E-state index in [1.807, 2.05) is 50.2 Å². The number of pyridine rings is 1. The average molecular weight is 563 g/mol. The fourth-order valence-corrected chi connectivity index (χ4v) is 4.71. The molecule has 1 aromatic heterocycles. The zero-order valence-electron chi connectivity index (χ0n) is 19.2. The summed E-state index contributed by atoms with van der Waals surface area (Å²) in [5.74, 6) is 2.24. The third kappa shape index (κ3) is 4.51. The number of carbonyl (C=O) groups is 1. The molecular formula is C24H26IN3O5. The minimum Gasteiger partial charge on any atom is -0.493 e. The van der Waals surface area contributed by atoms with Crippen molar-refractivity contribution in [1.82, 2.24) is 9.88 Å². The van der Waals surface area contributed by atoms with E-state index >= 15 is 0 Å². The highest BCUT2D eigenvalue weighted by atomic mass is 127. The maximum atomic E-state index is 14.1. The standard InChI is InChI=1S/C24H26IN3O5/c1-14(12-27(2)3)28(24(29)15-8-20(30-4)21(31-5)10-17(15)25)19-6-7-26-18-11-23-22(9-16(18)19)32-13-33-23/h6-11,14H,12-13H2,1-5H3. The van der Waals surface area contributed by atoms with Crippen molar-refractivity contribution in [2.45, 2.75) is 13.0 Å². The van der Waals surface area contributed by atoms with Gasteiger partial charge in [0, 0.05) is 33.8 Å². The molecule has 0 aliphatic carbocycles. The molecule has 8 nitrogen and oxygen atoms in total. The van der Waals surface area contributed by atoms with E-state index in [1.165, 1.54) is 0 Å². The van der Waals surface area contributed by atoms with Crippen LogP contribution in [0.25, 0.3) is 10.9 Å². The summed E-state index contributed by atoms with van der Waals surface area (Å²) in [6.07, 6.45) is 1.71. The molecule has 4 rings (SSSR count). The monoisotopic (exact) mass is 563 g/mol. The molecule has 0 bridgehead atoms. The molecule has 1 aliphatic heterocycles. The van der Waals surface area contributed by atoms with E-state index in [2.05, 4.69) is 32.5 Å². The van der Waals surface area contributed by atoms with Gasteiger partial charge in [0.15, 0.2) is 23.0 Å². The number of hydrogen-bond acceptors (Lipinski definition) is 7. The Hall–Kier alpha value is -2.79. The lowest BCUT2D eigenvalue weighted by Crippen LogP contribution is -2.44. The SMILES string of the molecule is COc1cc(I)c(C(=O)N(c2ccnc3cc4c(cc23)OCO4)C(C)CN(C)C)cc1OC. The van der Waals surface area contributed by atoms with E-state index in [1.54, 1.807) is 26.5 Å². The second-order valence-corrected chi connectivity index (χ2v) is 9.19. The van der Waals surface area contributed by atoms with Crippen LogP contribution in [0.15, 0.2) is 36.5 Å². The Morgan fingerprint density at radius 1 is 1.12 bits per heavy atom.